The van der Waals surface area contributed by atoms with Gasteiger partial charge in [0.25, 0.3) is 0 Å². The Bertz CT molecular complexity index is 337. The predicted molar refractivity (Wildman–Crippen MR) is 68.7 cm³/mol. The largest absolute Gasteiger partial charge is 0.465 e. The molecule has 1 aromatic rings. The van der Waals surface area contributed by atoms with E-state index in [4.69, 9.17) is 4.74 Å². The highest BCUT2D eigenvalue weighted by molar-refractivity contribution is 5.75. The summed E-state index contributed by atoms with van der Waals surface area (Å²) in [4.78, 5) is 11.7. The maximum absolute atomic E-state index is 11.7. The molecule has 0 heterocycles. The van der Waals surface area contributed by atoms with Crippen molar-refractivity contribution in [2.75, 3.05) is 6.61 Å². The molecule has 0 radical (unpaired) electrons. The first-order chi connectivity index (χ1) is 8.19. The summed E-state index contributed by atoms with van der Waals surface area (Å²) >= 11 is 0. The molecule has 0 amide bonds. The zero-order chi connectivity index (χ0) is 12.7. The van der Waals surface area contributed by atoms with Crippen LogP contribution in [0, 0.1) is 0 Å². The van der Waals surface area contributed by atoms with E-state index < -0.39 is 0 Å². The van der Waals surface area contributed by atoms with E-state index in [1.165, 1.54) is 5.56 Å². The van der Waals surface area contributed by atoms with Crippen LogP contribution in [0.4, 0.5) is 0 Å². The first-order valence-electron chi connectivity index (χ1n) is 6.16. The van der Waals surface area contributed by atoms with Crippen molar-refractivity contribution in [3.63, 3.8) is 0 Å². The minimum Gasteiger partial charge on any atom is -0.465 e. The molecular weight excluding hydrogens is 214 g/mol. The Hall–Kier alpha value is -1.35. The van der Waals surface area contributed by atoms with Crippen molar-refractivity contribution >= 4 is 5.97 Å². The van der Waals surface area contributed by atoms with Gasteiger partial charge in [0.05, 0.1) is 6.61 Å². The van der Waals surface area contributed by atoms with Gasteiger partial charge in [-0.25, -0.2) is 0 Å². The Kier molecular flexibility index (Phi) is 5.70. The molecule has 0 spiro atoms. The van der Waals surface area contributed by atoms with Crippen LogP contribution in [0.15, 0.2) is 30.3 Å². The lowest BCUT2D eigenvalue weighted by Crippen LogP contribution is -2.39. The van der Waals surface area contributed by atoms with E-state index in [0.717, 1.165) is 6.42 Å². The first kappa shape index (κ1) is 13.7. The smallest absolute Gasteiger partial charge is 0.323 e. The first-order valence-corrected chi connectivity index (χ1v) is 6.16. The van der Waals surface area contributed by atoms with E-state index >= 15 is 0 Å². The minimum atomic E-state index is -0.231. The minimum absolute atomic E-state index is 0.144. The second-order valence-corrected chi connectivity index (χ2v) is 4.01. The van der Waals surface area contributed by atoms with Crippen LogP contribution in [0.2, 0.25) is 0 Å². The van der Waals surface area contributed by atoms with Crippen LogP contribution >= 0.6 is 0 Å². The van der Waals surface area contributed by atoms with E-state index in [0.29, 0.717) is 6.61 Å². The van der Waals surface area contributed by atoms with Gasteiger partial charge in [0, 0.05) is 6.04 Å². The van der Waals surface area contributed by atoms with Crippen molar-refractivity contribution < 1.29 is 9.53 Å². The SMILES string of the molecule is CCOC(=O)[C@H](CC)N[C@@H](C)c1ccccc1. The molecule has 0 aliphatic rings. The predicted octanol–water partition coefficient (Wildman–Crippen LogP) is 2.68. The molecule has 2 atom stereocenters. The van der Waals surface area contributed by atoms with Crippen LogP contribution in [0.25, 0.3) is 0 Å². The Morgan fingerprint density at radius 2 is 1.94 bits per heavy atom. The lowest BCUT2D eigenvalue weighted by Gasteiger charge is -2.21. The zero-order valence-electron chi connectivity index (χ0n) is 10.8. The zero-order valence-corrected chi connectivity index (χ0v) is 10.8. The van der Waals surface area contributed by atoms with E-state index in [9.17, 15) is 4.79 Å². The summed E-state index contributed by atoms with van der Waals surface area (Å²) < 4.78 is 5.03. The van der Waals surface area contributed by atoms with Crippen LogP contribution in [-0.4, -0.2) is 18.6 Å². The number of rotatable bonds is 6. The molecule has 94 valence electrons. The number of hydrogen-bond donors (Lipinski definition) is 1. The summed E-state index contributed by atoms with van der Waals surface area (Å²) in [7, 11) is 0. The van der Waals surface area contributed by atoms with Crippen molar-refractivity contribution in [2.45, 2.75) is 39.3 Å². The van der Waals surface area contributed by atoms with Gasteiger partial charge >= 0.3 is 5.97 Å². The molecule has 3 nitrogen and oxygen atoms in total. The average molecular weight is 235 g/mol. The summed E-state index contributed by atoms with van der Waals surface area (Å²) in [5.74, 6) is -0.169. The van der Waals surface area contributed by atoms with Gasteiger partial charge in [-0.15, -0.1) is 0 Å². The Morgan fingerprint density at radius 1 is 1.29 bits per heavy atom. The third kappa shape index (κ3) is 4.19. The van der Waals surface area contributed by atoms with Gasteiger partial charge in [-0.05, 0) is 25.8 Å². The molecule has 1 N–H and O–H groups in total. The third-order valence-corrected chi connectivity index (χ3v) is 2.73. The average Bonchev–Trinajstić information content (AvgIpc) is 2.37. The number of hydrogen-bond acceptors (Lipinski definition) is 3. The van der Waals surface area contributed by atoms with Crippen LogP contribution < -0.4 is 5.32 Å². The number of ether oxygens (including phenoxy) is 1. The Morgan fingerprint density at radius 3 is 2.47 bits per heavy atom. The van der Waals surface area contributed by atoms with E-state index in [1.807, 2.05) is 32.0 Å². The highest BCUT2D eigenvalue weighted by Crippen LogP contribution is 2.13. The van der Waals surface area contributed by atoms with Crippen molar-refractivity contribution in [1.29, 1.82) is 0 Å². The molecule has 0 fully saturated rings. The maximum Gasteiger partial charge on any atom is 0.323 e. The lowest BCUT2D eigenvalue weighted by molar-refractivity contribution is -0.145. The molecule has 0 unspecified atom stereocenters. The van der Waals surface area contributed by atoms with Gasteiger partial charge in [-0.2, -0.15) is 0 Å². The summed E-state index contributed by atoms with van der Waals surface area (Å²) in [5, 5.41) is 3.29. The van der Waals surface area contributed by atoms with Gasteiger partial charge in [-0.3, -0.25) is 10.1 Å². The molecule has 0 aliphatic carbocycles. The lowest BCUT2D eigenvalue weighted by atomic mass is 10.1. The number of benzene rings is 1. The van der Waals surface area contributed by atoms with Crippen LogP contribution in [-0.2, 0) is 9.53 Å². The third-order valence-electron chi connectivity index (χ3n) is 2.73. The molecule has 0 saturated heterocycles. The summed E-state index contributed by atoms with van der Waals surface area (Å²) in [6.07, 6.45) is 0.732. The Labute approximate surface area is 103 Å². The van der Waals surface area contributed by atoms with Crippen molar-refractivity contribution in [1.82, 2.24) is 5.32 Å². The fraction of sp³-hybridized carbons (Fsp3) is 0.500. The van der Waals surface area contributed by atoms with E-state index in [2.05, 4.69) is 24.4 Å². The van der Waals surface area contributed by atoms with Gasteiger partial charge in [0.1, 0.15) is 6.04 Å². The van der Waals surface area contributed by atoms with Crippen LogP contribution in [0.5, 0.6) is 0 Å². The molecule has 0 saturated carbocycles. The standard InChI is InChI=1S/C14H21NO2/c1-4-13(14(16)17-5-2)15-11(3)12-9-7-6-8-10-12/h6-11,13,15H,4-5H2,1-3H3/t11-,13-/m0/s1. The van der Waals surface area contributed by atoms with E-state index in [-0.39, 0.29) is 18.1 Å². The molecular formula is C14H21NO2. The van der Waals surface area contributed by atoms with Gasteiger partial charge < -0.3 is 4.74 Å². The fourth-order valence-corrected chi connectivity index (χ4v) is 1.74. The van der Waals surface area contributed by atoms with Crippen molar-refractivity contribution in [3.8, 4) is 0 Å². The molecule has 1 rings (SSSR count). The molecule has 0 aromatic heterocycles. The quantitative estimate of drug-likeness (QED) is 0.770. The summed E-state index contributed by atoms with van der Waals surface area (Å²) in [5.41, 5.74) is 1.18. The number of esters is 1. The van der Waals surface area contributed by atoms with Crippen molar-refractivity contribution in [3.05, 3.63) is 35.9 Å². The molecule has 0 aliphatic heterocycles. The normalized spacial score (nSPS) is 14.1. The summed E-state index contributed by atoms with van der Waals surface area (Å²) in [6.45, 7) is 6.28. The molecule has 17 heavy (non-hydrogen) atoms. The summed E-state index contributed by atoms with van der Waals surface area (Å²) in [6, 6.07) is 10.00. The number of carbonyl (C=O) groups excluding carboxylic acids is 1. The highest BCUT2D eigenvalue weighted by atomic mass is 16.5. The molecule has 0 bridgehead atoms. The monoisotopic (exact) mass is 235 g/mol. The maximum atomic E-state index is 11.7. The molecule has 1 aromatic carbocycles. The van der Waals surface area contributed by atoms with Crippen molar-refractivity contribution in [2.24, 2.45) is 0 Å². The van der Waals surface area contributed by atoms with Gasteiger partial charge in [0.15, 0.2) is 0 Å². The molecule has 3 heteroatoms. The van der Waals surface area contributed by atoms with Gasteiger partial charge in [-0.1, -0.05) is 37.3 Å². The number of nitrogens with one attached hydrogen (secondary N) is 1. The highest BCUT2D eigenvalue weighted by Gasteiger charge is 2.19. The number of carbonyl (C=O) groups is 1. The van der Waals surface area contributed by atoms with Crippen LogP contribution in [0.1, 0.15) is 38.8 Å². The Balaban J connectivity index is 2.59. The topological polar surface area (TPSA) is 38.3 Å². The second-order valence-electron chi connectivity index (χ2n) is 4.01. The van der Waals surface area contributed by atoms with E-state index in [1.54, 1.807) is 0 Å². The second kappa shape index (κ2) is 7.07. The van der Waals surface area contributed by atoms with Crippen LogP contribution in [0.3, 0.4) is 0 Å². The fourth-order valence-electron chi connectivity index (χ4n) is 1.74. The van der Waals surface area contributed by atoms with Gasteiger partial charge in [0.2, 0.25) is 0 Å².